The first-order valence-electron chi connectivity index (χ1n) is 3.36. The number of methoxy groups -OCH3 is 1. The van der Waals surface area contributed by atoms with Gasteiger partial charge < -0.3 is 14.9 Å². The molecule has 0 aliphatic carbocycles. The number of aromatic hydroxyl groups is 2. The van der Waals surface area contributed by atoms with E-state index in [0.29, 0.717) is 4.47 Å². The molecular weight excluding hydrogens is 240 g/mol. The largest absolute Gasteiger partial charge is 0.504 e. The molecule has 1 aromatic carbocycles. The average molecular weight is 247 g/mol. The van der Waals surface area contributed by atoms with E-state index in [1.54, 1.807) is 0 Å². The number of hydrogen-bond acceptors (Lipinski definition) is 4. The minimum atomic E-state index is -0.694. The van der Waals surface area contributed by atoms with Crippen LogP contribution in [0.25, 0.3) is 0 Å². The SMILES string of the molecule is COC(=O)c1ccc(Br)c(O)c1O. The summed E-state index contributed by atoms with van der Waals surface area (Å²) in [6, 6.07) is 2.80. The molecule has 13 heavy (non-hydrogen) atoms. The average Bonchev–Trinajstić information content (AvgIpc) is 2.13. The summed E-state index contributed by atoms with van der Waals surface area (Å²) in [5, 5.41) is 18.5. The summed E-state index contributed by atoms with van der Waals surface area (Å²) in [6.45, 7) is 0. The van der Waals surface area contributed by atoms with Gasteiger partial charge in [-0.1, -0.05) is 0 Å². The van der Waals surface area contributed by atoms with Crippen LogP contribution >= 0.6 is 15.9 Å². The molecule has 4 nitrogen and oxygen atoms in total. The highest BCUT2D eigenvalue weighted by atomic mass is 79.9. The Morgan fingerprint density at radius 1 is 1.38 bits per heavy atom. The van der Waals surface area contributed by atoms with Crippen LogP contribution in [-0.2, 0) is 4.74 Å². The molecule has 2 N–H and O–H groups in total. The van der Waals surface area contributed by atoms with Gasteiger partial charge in [0.1, 0.15) is 5.56 Å². The number of rotatable bonds is 1. The molecule has 0 fully saturated rings. The molecule has 0 aliphatic heterocycles. The Bertz CT molecular complexity index is 348. The molecule has 0 aliphatic rings. The predicted molar refractivity (Wildman–Crippen MR) is 48.8 cm³/mol. The first-order chi connectivity index (χ1) is 6.07. The zero-order valence-electron chi connectivity index (χ0n) is 6.74. The van der Waals surface area contributed by atoms with Gasteiger partial charge in [0.05, 0.1) is 11.6 Å². The molecule has 0 amide bonds. The van der Waals surface area contributed by atoms with E-state index in [1.807, 2.05) is 0 Å². The van der Waals surface area contributed by atoms with Crippen molar-refractivity contribution in [3.8, 4) is 11.5 Å². The molecule has 70 valence electrons. The molecular formula is C8H7BrO4. The van der Waals surface area contributed by atoms with Crippen molar-refractivity contribution < 1.29 is 19.7 Å². The van der Waals surface area contributed by atoms with E-state index in [0.717, 1.165) is 0 Å². The lowest BCUT2D eigenvalue weighted by Crippen LogP contribution is -2.01. The van der Waals surface area contributed by atoms with E-state index in [9.17, 15) is 15.0 Å². The van der Waals surface area contributed by atoms with Crippen LogP contribution in [0.4, 0.5) is 0 Å². The van der Waals surface area contributed by atoms with Crippen molar-refractivity contribution in [3.05, 3.63) is 22.2 Å². The van der Waals surface area contributed by atoms with Crippen molar-refractivity contribution in [1.82, 2.24) is 0 Å². The molecule has 0 spiro atoms. The topological polar surface area (TPSA) is 66.8 Å². The molecule has 0 aromatic heterocycles. The minimum absolute atomic E-state index is 0.0665. The van der Waals surface area contributed by atoms with Crippen LogP contribution in [0.2, 0.25) is 0 Å². The van der Waals surface area contributed by atoms with Gasteiger partial charge in [0.15, 0.2) is 11.5 Å². The number of esters is 1. The molecule has 5 heteroatoms. The summed E-state index contributed by atoms with van der Waals surface area (Å²) >= 11 is 2.99. The Morgan fingerprint density at radius 2 is 2.00 bits per heavy atom. The number of ether oxygens (including phenoxy) is 1. The number of hydrogen-bond donors (Lipinski definition) is 2. The van der Waals surface area contributed by atoms with Gasteiger partial charge >= 0.3 is 5.97 Å². The monoisotopic (exact) mass is 246 g/mol. The van der Waals surface area contributed by atoms with Crippen LogP contribution in [0.3, 0.4) is 0 Å². The molecule has 0 heterocycles. The molecule has 0 atom stereocenters. The van der Waals surface area contributed by atoms with Crippen LogP contribution in [0, 0.1) is 0 Å². The number of phenolic OH excluding ortho intramolecular Hbond substituents is 2. The fourth-order valence-corrected chi connectivity index (χ4v) is 1.15. The Kier molecular flexibility index (Phi) is 2.77. The van der Waals surface area contributed by atoms with Gasteiger partial charge in [-0.3, -0.25) is 0 Å². The second kappa shape index (κ2) is 3.66. The van der Waals surface area contributed by atoms with Crippen LogP contribution in [0.5, 0.6) is 11.5 Å². The number of carbonyl (C=O) groups is 1. The van der Waals surface area contributed by atoms with Crippen molar-refractivity contribution in [3.63, 3.8) is 0 Å². The standard InChI is InChI=1S/C8H7BrO4/c1-13-8(12)4-2-3-5(9)7(11)6(4)10/h2-3,10-11H,1H3. The van der Waals surface area contributed by atoms with E-state index in [4.69, 9.17) is 0 Å². The van der Waals surface area contributed by atoms with Gasteiger partial charge in [0.25, 0.3) is 0 Å². The van der Waals surface area contributed by atoms with Gasteiger partial charge in [-0.2, -0.15) is 0 Å². The summed E-state index contributed by atoms with van der Waals surface area (Å²) in [5.41, 5.74) is -0.0665. The second-order valence-electron chi connectivity index (χ2n) is 2.28. The minimum Gasteiger partial charge on any atom is -0.504 e. The van der Waals surface area contributed by atoms with E-state index in [-0.39, 0.29) is 11.3 Å². The second-order valence-corrected chi connectivity index (χ2v) is 3.14. The molecule has 0 saturated carbocycles. The van der Waals surface area contributed by atoms with Crippen LogP contribution in [0.1, 0.15) is 10.4 Å². The molecule has 0 saturated heterocycles. The lowest BCUT2D eigenvalue weighted by Gasteiger charge is -2.04. The third-order valence-corrected chi connectivity index (χ3v) is 2.15. The summed E-state index contributed by atoms with van der Waals surface area (Å²) < 4.78 is 4.70. The number of halogens is 1. The van der Waals surface area contributed by atoms with Crippen molar-refractivity contribution in [2.75, 3.05) is 7.11 Å². The summed E-state index contributed by atoms with van der Waals surface area (Å²) in [5.74, 6) is -1.55. The molecule has 1 aromatic rings. The first-order valence-corrected chi connectivity index (χ1v) is 4.16. The fourth-order valence-electron chi connectivity index (χ4n) is 0.830. The maximum absolute atomic E-state index is 11.0. The zero-order chi connectivity index (χ0) is 10.0. The quantitative estimate of drug-likeness (QED) is 0.584. The first kappa shape index (κ1) is 9.85. The summed E-state index contributed by atoms with van der Waals surface area (Å²) in [4.78, 5) is 11.0. The maximum atomic E-state index is 11.0. The number of carbonyl (C=O) groups excluding carboxylic acids is 1. The van der Waals surface area contributed by atoms with Gasteiger partial charge in [0.2, 0.25) is 0 Å². The summed E-state index contributed by atoms with van der Waals surface area (Å²) in [6.07, 6.45) is 0. The Morgan fingerprint density at radius 3 is 2.54 bits per heavy atom. The molecule has 0 radical (unpaired) electrons. The van der Waals surface area contributed by atoms with Crippen LogP contribution in [-0.4, -0.2) is 23.3 Å². The van der Waals surface area contributed by atoms with E-state index in [2.05, 4.69) is 20.7 Å². The highest BCUT2D eigenvalue weighted by Gasteiger charge is 2.16. The molecule has 0 bridgehead atoms. The van der Waals surface area contributed by atoms with Gasteiger partial charge in [-0.05, 0) is 28.1 Å². The van der Waals surface area contributed by atoms with Crippen molar-refractivity contribution >= 4 is 21.9 Å². The fraction of sp³-hybridized carbons (Fsp3) is 0.125. The summed E-state index contributed by atoms with van der Waals surface area (Å²) in [7, 11) is 1.20. The van der Waals surface area contributed by atoms with Gasteiger partial charge in [0, 0.05) is 0 Å². The lowest BCUT2D eigenvalue weighted by atomic mass is 10.2. The van der Waals surface area contributed by atoms with Crippen molar-refractivity contribution in [2.45, 2.75) is 0 Å². The predicted octanol–water partition coefficient (Wildman–Crippen LogP) is 1.65. The van der Waals surface area contributed by atoms with E-state index in [1.165, 1.54) is 19.2 Å². The van der Waals surface area contributed by atoms with Gasteiger partial charge in [-0.25, -0.2) is 4.79 Å². The zero-order valence-corrected chi connectivity index (χ0v) is 8.33. The van der Waals surface area contributed by atoms with E-state index >= 15 is 0 Å². The van der Waals surface area contributed by atoms with Crippen LogP contribution in [0.15, 0.2) is 16.6 Å². The Hall–Kier alpha value is -1.23. The highest BCUT2D eigenvalue weighted by Crippen LogP contribution is 2.36. The van der Waals surface area contributed by atoms with Crippen LogP contribution < -0.4 is 0 Å². The number of benzene rings is 1. The maximum Gasteiger partial charge on any atom is 0.341 e. The van der Waals surface area contributed by atoms with E-state index < -0.39 is 11.7 Å². The number of phenols is 2. The lowest BCUT2D eigenvalue weighted by molar-refractivity contribution is 0.0596. The molecule has 1 rings (SSSR count). The van der Waals surface area contributed by atoms with Crippen molar-refractivity contribution in [1.29, 1.82) is 0 Å². The molecule has 0 unspecified atom stereocenters. The normalized spacial score (nSPS) is 9.69. The Labute approximate surface area is 82.9 Å². The third-order valence-electron chi connectivity index (χ3n) is 1.51. The smallest absolute Gasteiger partial charge is 0.341 e. The Balaban J connectivity index is 3.26. The highest BCUT2D eigenvalue weighted by molar-refractivity contribution is 9.10. The van der Waals surface area contributed by atoms with Crippen molar-refractivity contribution in [2.24, 2.45) is 0 Å². The third kappa shape index (κ3) is 1.75. The van der Waals surface area contributed by atoms with Gasteiger partial charge in [-0.15, -0.1) is 0 Å².